The fraction of sp³-hybridized carbons (Fsp3) is 0.379. The van der Waals surface area contributed by atoms with Crippen LogP contribution in [0.2, 0.25) is 0 Å². The van der Waals surface area contributed by atoms with Gasteiger partial charge < -0.3 is 19.3 Å². The first-order chi connectivity index (χ1) is 18.4. The maximum Gasteiger partial charge on any atom is 0.254 e. The number of hydrogen-bond acceptors (Lipinski definition) is 7. The molecule has 5 rings (SSSR count). The number of carbonyl (C=O) groups is 1. The Morgan fingerprint density at radius 1 is 0.947 bits per heavy atom. The van der Waals surface area contributed by atoms with E-state index < -0.39 is 0 Å². The van der Waals surface area contributed by atoms with E-state index >= 15 is 0 Å². The Kier molecular flexibility index (Phi) is 7.18. The zero-order valence-electron chi connectivity index (χ0n) is 22.6. The predicted molar refractivity (Wildman–Crippen MR) is 148 cm³/mol. The van der Waals surface area contributed by atoms with Crippen LogP contribution in [0.1, 0.15) is 35.7 Å². The summed E-state index contributed by atoms with van der Waals surface area (Å²) in [5.41, 5.74) is 3.22. The molecule has 4 aromatic rings. The summed E-state index contributed by atoms with van der Waals surface area (Å²) in [4.78, 5) is 27.5. The number of fused-ring (bicyclic) bond motifs is 1. The van der Waals surface area contributed by atoms with Gasteiger partial charge in [-0.05, 0) is 37.1 Å². The summed E-state index contributed by atoms with van der Waals surface area (Å²) < 4.78 is 12.6. The number of methoxy groups -OCH3 is 2. The van der Waals surface area contributed by atoms with Crippen LogP contribution < -0.4 is 14.4 Å². The van der Waals surface area contributed by atoms with Crippen molar-refractivity contribution in [1.29, 1.82) is 0 Å². The van der Waals surface area contributed by atoms with Gasteiger partial charge in [0.2, 0.25) is 0 Å². The highest BCUT2D eigenvalue weighted by Gasteiger charge is 2.27. The zero-order chi connectivity index (χ0) is 26.8. The average molecular weight is 515 g/mol. The maximum atomic E-state index is 13.3. The van der Waals surface area contributed by atoms with Crippen LogP contribution >= 0.6 is 0 Å². The summed E-state index contributed by atoms with van der Waals surface area (Å²) in [5.74, 6) is 3.27. The second-order valence-electron chi connectivity index (χ2n) is 9.97. The number of rotatable bonds is 7. The van der Waals surface area contributed by atoms with Gasteiger partial charge in [0, 0.05) is 44.2 Å². The van der Waals surface area contributed by atoms with E-state index in [9.17, 15) is 4.79 Å². The molecule has 3 heterocycles. The van der Waals surface area contributed by atoms with E-state index in [1.165, 1.54) is 0 Å². The number of aromatic nitrogens is 4. The number of amides is 1. The number of piperazine rings is 1. The minimum atomic E-state index is -0.0386. The van der Waals surface area contributed by atoms with Crippen molar-refractivity contribution in [1.82, 2.24) is 24.6 Å². The van der Waals surface area contributed by atoms with Gasteiger partial charge in [-0.2, -0.15) is 5.10 Å². The molecule has 0 N–H and O–H groups in total. The minimum absolute atomic E-state index is 0.0386. The standard InChI is InChI=1S/C29H34N6O3/c1-19(2)15-25-30-27(26-20(3)32-35(28(26)31-25)22-9-7-6-8-10-22)33-11-13-34(14-12-33)29(36)21-16-23(37-4)18-24(17-21)38-5/h6-10,16-19H,11-15H2,1-5H3. The van der Waals surface area contributed by atoms with E-state index in [1.807, 2.05) is 46.8 Å². The lowest BCUT2D eigenvalue weighted by molar-refractivity contribution is 0.0746. The van der Waals surface area contributed by atoms with Crippen molar-refractivity contribution >= 4 is 22.8 Å². The summed E-state index contributed by atoms with van der Waals surface area (Å²) in [5, 5.41) is 5.81. The third kappa shape index (κ3) is 5.01. The molecule has 0 radical (unpaired) electrons. The summed E-state index contributed by atoms with van der Waals surface area (Å²) in [6, 6.07) is 15.3. The van der Waals surface area contributed by atoms with Crippen molar-refractivity contribution in [2.75, 3.05) is 45.3 Å². The van der Waals surface area contributed by atoms with Gasteiger partial charge in [0.15, 0.2) is 5.65 Å². The van der Waals surface area contributed by atoms with Gasteiger partial charge in [-0.1, -0.05) is 32.0 Å². The van der Waals surface area contributed by atoms with Gasteiger partial charge in [0.25, 0.3) is 5.91 Å². The van der Waals surface area contributed by atoms with Crippen LogP contribution in [-0.2, 0) is 6.42 Å². The molecular weight excluding hydrogens is 480 g/mol. The monoisotopic (exact) mass is 514 g/mol. The Bertz CT molecular complexity index is 1420. The van der Waals surface area contributed by atoms with E-state index in [0.29, 0.717) is 49.2 Å². The highest BCUT2D eigenvalue weighted by molar-refractivity contribution is 5.95. The topological polar surface area (TPSA) is 85.6 Å². The van der Waals surface area contributed by atoms with Crippen LogP contribution in [0.3, 0.4) is 0 Å². The Morgan fingerprint density at radius 2 is 1.61 bits per heavy atom. The van der Waals surface area contributed by atoms with Gasteiger partial charge in [0.1, 0.15) is 23.1 Å². The van der Waals surface area contributed by atoms with Crippen LogP contribution in [0.5, 0.6) is 11.5 Å². The number of aryl methyl sites for hydroxylation is 1. The minimum Gasteiger partial charge on any atom is -0.497 e. The first-order valence-corrected chi connectivity index (χ1v) is 13.0. The van der Waals surface area contributed by atoms with E-state index in [4.69, 9.17) is 24.5 Å². The van der Waals surface area contributed by atoms with Crippen molar-refractivity contribution in [3.63, 3.8) is 0 Å². The van der Waals surface area contributed by atoms with Gasteiger partial charge >= 0.3 is 0 Å². The molecule has 9 nitrogen and oxygen atoms in total. The summed E-state index contributed by atoms with van der Waals surface area (Å²) in [7, 11) is 3.17. The summed E-state index contributed by atoms with van der Waals surface area (Å²) >= 11 is 0. The smallest absolute Gasteiger partial charge is 0.254 e. The lowest BCUT2D eigenvalue weighted by Gasteiger charge is -2.36. The fourth-order valence-corrected chi connectivity index (χ4v) is 4.87. The number of benzene rings is 2. The van der Waals surface area contributed by atoms with E-state index in [2.05, 4.69) is 18.7 Å². The summed E-state index contributed by atoms with van der Waals surface area (Å²) in [6.07, 6.45) is 0.776. The first-order valence-electron chi connectivity index (χ1n) is 13.0. The lowest BCUT2D eigenvalue weighted by Crippen LogP contribution is -2.49. The molecular formula is C29H34N6O3. The van der Waals surface area contributed by atoms with Crippen LogP contribution in [0.4, 0.5) is 5.82 Å². The number of carbonyl (C=O) groups excluding carboxylic acids is 1. The van der Waals surface area contributed by atoms with Crippen LogP contribution in [-0.4, -0.2) is 71.0 Å². The second kappa shape index (κ2) is 10.7. The highest BCUT2D eigenvalue weighted by atomic mass is 16.5. The van der Waals surface area contributed by atoms with Crippen LogP contribution in [0.15, 0.2) is 48.5 Å². The molecule has 0 unspecified atom stereocenters. The molecule has 2 aromatic heterocycles. The maximum absolute atomic E-state index is 13.3. The second-order valence-corrected chi connectivity index (χ2v) is 9.97. The van der Waals surface area contributed by atoms with Crippen LogP contribution in [0, 0.1) is 12.8 Å². The number of hydrogen-bond donors (Lipinski definition) is 0. The van der Waals surface area contributed by atoms with Crippen molar-refractivity contribution < 1.29 is 14.3 Å². The molecule has 0 bridgehead atoms. The average Bonchev–Trinajstić information content (AvgIpc) is 3.28. The largest absolute Gasteiger partial charge is 0.497 e. The molecule has 1 fully saturated rings. The SMILES string of the molecule is COc1cc(OC)cc(C(=O)N2CCN(c3nc(CC(C)C)nc4c3c(C)nn4-c3ccccc3)CC2)c1. The van der Waals surface area contributed by atoms with E-state index in [-0.39, 0.29) is 5.91 Å². The molecule has 9 heteroatoms. The van der Waals surface area contributed by atoms with Gasteiger partial charge in [0.05, 0.1) is 31.0 Å². The number of para-hydroxylation sites is 1. The third-order valence-electron chi connectivity index (χ3n) is 6.79. The lowest BCUT2D eigenvalue weighted by atomic mass is 10.1. The van der Waals surface area contributed by atoms with E-state index in [1.54, 1.807) is 32.4 Å². The van der Waals surface area contributed by atoms with E-state index in [0.717, 1.165) is 40.5 Å². The molecule has 198 valence electrons. The molecule has 38 heavy (non-hydrogen) atoms. The number of nitrogens with zero attached hydrogens (tertiary/aromatic N) is 6. The van der Waals surface area contributed by atoms with Crippen molar-refractivity contribution in [3.05, 3.63) is 65.6 Å². The number of ether oxygens (including phenoxy) is 2. The molecule has 0 aliphatic carbocycles. The summed E-state index contributed by atoms with van der Waals surface area (Å²) in [6.45, 7) is 8.83. The molecule has 1 amide bonds. The third-order valence-corrected chi connectivity index (χ3v) is 6.79. The molecule has 0 spiro atoms. The fourth-order valence-electron chi connectivity index (χ4n) is 4.87. The van der Waals surface area contributed by atoms with Crippen molar-refractivity contribution in [3.8, 4) is 17.2 Å². The Labute approximate surface area is 223 Å². The van der Waals surface area contributed by atoms with Gasteiger partial charge in [-0.25, -0.2) is 14.6 Å². The molecule has 1 saturated heterocycles. The van der Waals surface area contributed by atoms with Gasteiger partial charge in [-0.15, -0.1) is 0 Å². The van der Waals surface area contributed by atoms with Crippen molar-refractivity contribution in [2.45, 2.75) is 27.2 Å². The molecule has 0 atom stereocenters. The Hall–Kier alpha value is -4.14. The van der Waals surface area contributed by atoms with Crippen molar-refractivity contribution in [2.24, 2.45) is 5.92 Å². The first kappa shape index (κ1) is 25.5. The van der Waals surface area contributed by atoms with Crippen LogP contribution in [0.25, 0.3) is 16.7 Å². The predicted octanol–water partition coefficient (Wildman–Crippen LogP) is 4.30. The highest BCUT2D eigenvalue weighted by Crippen LogP contribution is 2.31. The quantitative estimate of drug-likeness (QED) is 0.363. The zero-order valence-corrected chi connectivity index (χ0v) is 22.6. The Morgan fingerprint density at radius 3 is 2.21 bits per heavy atom. The number of anilines is 1. The molecule has 1 aliphatic heterocycles. The molecule has 0 saturated carbocycles. The molecule has 1 aliphatic rings. The van der Waals surface area contributed by atoms with Gasteiger partial charge in [-0.3, -0.25) is 4.79 Å². The molecule has 2 aromatic carbocycles. The normalized spacial score (nSPS) is 13.8. The Balaban J connectivity index is 1.45.